The molecule has 6 nitrogen and oxygen atoms in total. The van der Waals surface area contributed by atoms with Crippen LogP contribution in [0.4, 0.5) is 0 Å². The molecule has 0 aliphatic heterocycles. The van der Waals surface area contributed by atoms with Crippen molar-refractivity contribution in [1.29, 1.82) is 0 Å². The SMILES string of the molecule is CCCn1c(-c2csc(-c3cnccn3)n2)n[nH]c1=S. The van der Waals surface area contributed by atoms with Gasteiger partial charge in [0.1, 0.15) is 16.4 Å². The number of hydrogen-bond donors (Lipinski definition) is 1. The van der Waals surface area contributed by atoms with Gasteiger partial charge in [-0.1, -0.05) is 6.92 Å². The average Bonchev–Trinajstić information content (AvgIpc) is 3.08. The number of nitrogens with one attached hydrogen (secondary N) is 1. The zero-order valence-electron chi connectivity index (χ0n) is 10.8. The summed E-state index contributed by atoms with van der Waals surface area (Å²) in [6, 6.07) is 0. The first kappa shape index (κ1) is 13.1. The molecule has 0 aliphatic carbocycles. The van der Waals surface area contributed by atoms with Crippen molar-refractivity contribution in [2.75, 3.05) is 0 Å². The second-order valence-electron chi connectivity index (χ2n) is 4.13. The number of H-pyrrole nitrogens is 1. The van der Waals surface area contributed by atoms with E-state index < -0.39 is 0 Å². The second-order valence-corrected chi connectivity index (χ2v) is 5.38. The normalized spacial score (nSPS) is 10.8. The van der Waals surface area contributed by atoms with Crippen molar-refractivity contribution in [2.45, 2.75) is 19.9 Å². The van der Waals surface area contributed by atoms with E-state index >= 15 is 0 Å². The van der Waals surface area contributed by atoms with Crippen molar-refractivity contribution in [1.82, 2.24) is 29.7 Å². The number of nitrogens with zero attached hydrogens (tertiary/aromatic N) is 5. The fourth-order valence-corrected chi connectivity index (χ4v) is 2.83. The van der Waals surface area contributed by atoms with Gasteiger partial charge in [-0.2, -0.15) is 5.10 Å². The highest BCUT2D eigenvalue weighted by Gasteiger charge is 2.13. The first-order valence-electron chi connectivity index (χ1n) is 6.17. The van der Waals surface area contributed by atoms with Crippen LogP contribution in [0.1, 0.15) is 13.3 Å². The van der Waals surface area contributed by atoms with E-state index in [0.29, 0.717) is 4.77 Å². The Morgan fingerprint density at radius 2 is 2.25 bits per heavy atom. The molecule has 0 fully saturated rings. The van der Waals surface area contributed by atoms with Gasteiger partial charge in [0.25, 0.3) is 0 Å². The standard InChI is InChI=1S/C12H12N6S2/c1-2-5-18-10(16-17-12(18)19)9-7-20-11(15-9)8-6-13-3-4-14-8/h3-4,6-7H,2,5H2,1H3,(H,17,19). The minimum Gasteiger partial charge on any atom is -0.299 e. The summed E-state index contributed by atoms with van der Waals surface area (Å²) >= 11 is 6.76. The summed E-state index contributed by atoms with van der Waals surface area (Å²) in [5.74, 6) is 0.767. The monoisotopic (exact) mass is 304 g/mol. The van der Waals surface area contributed by atoms with E-state index in [0.717, 1.165) is 35.2 Å². The van der Waals surface area contributed by atoms with Gasteiger partial charge >= 0.3 is 0 Å². The Labute approximate surface area is 124 Å². The molecule has 8 heteroatoms. The lowest BCUT2D eigenvalue weighted by Gasteiger charge is -2.01. The van der Waals surface area contributed by atoms with Crippen LogP contribution in [0.25, 0.3) is 22.2 Å². The van der Waals surface area contributed by atoms with Gasteiger partial charge in [-0.3, -0.25) is 19.6 Å². The molecule has 0 atom stereocenters. The van der Waals surface area contributed by atoms with E-state index in [1.54, 1.807) is 18.6 Å². The van der Waals surface area contributed by atoms with Crippen molar-refractivity contribution in [3.05, 3.63) is 28.7 Å². The highest BCUT2D eigenvalue weighted by Crippen LogP contribution is 2.26. The van der Waals surface area contributed by atoms with E-state index in [-0.39, 0.29) is 0 Å². The lowest BCUT2D eigenvalue weighted by molar-refractivity contribution is 0.674. The molecule has 3 aromatic heterocycles. The summed E-state index contributed by atoms with van der Waals surface area (Å²) in [6.07, 6.45) is 5.99. The van der Waals surface area contributed by atoms with E-state index in [1.807, 2.05) is 9.95 Å². The van der Waals surface area contributed by atoms with Crippen molar-refractivity contribution in [2.24, 2.45) is 0 Å². The van der Waals surface area contributed by atoms with Crippen molar-refractivity contribution >= 4 is 23.6 Å². The molecule has 0 aliphatic rings. The molecule has 102 valence electrons. The van der Waals surface area contributed by atoms with Crippen LogP contribution in [0.5, 0.6) is 0 Å². The molecule has 0 spiro atoms. The van der Waals surface area contributed by atoms with Crippen LogP contribution in [0, 0.1) is 4.77 Å². The van der Waals surface area contributed by atoms with E-state index in [9.17, 15) is 0 Å². The topological polar surface area (TPSA) is 72.3 Å². The van der Waals surface area contributed by atoms with Gasteiger partial charge < -0.3 is 0 Å². The fraction of sp³-hybridized carbons (Fsp3) is 0.250. The Balaban J connectivity index is 2.01. The highest BCUT2D eigenvalue weighted by atomic mass is 32.1. The summed E-state index contributed by atoms with van der Waals surface area (Å²) in [6.45, 7) is 2.92. The third-order valence-electron chi connectivity index (χ3n) is 2.72. The Hall–Kier alpha value is -1.93. The van der Waals surface area contributed by atoms with E-state index in [2.05, 4.69) is 32.1 Å². The lowest BCUT2D eigenvalue weighted by Crippen LogP contribution is -2.00. The zero-order chi connectivity index (χ0) is 13.9. The van der Waals surface area contributed by atoms with Gasteiger partial charge in [0, 0.05) is 24.3 Å². The van der Waals surface area contributed by atoms with E-state index in [4.69, 9.17) is 12.2 Å². The smallest absolute Gasteiger partial charge is 0.195 e. The van der Waals surface area contributed by atoms with Crippen LogP contribution in [-0.4, -0.2) is 29.7 Å². The maximum atomic E-state index is 5.24. The van der Waals surface area contributed by atoms with Gasteiger partial charge in [0.2, 0.25) is 0 Å². The predicted molar refractivity (Wildman–Crippen MR) is 79.8 cm³/mol. The Kier molecular flexibility index (Phi) is 3.66. The minimum atomic E-state index is 0.621. The summed E-state index contributed by atoms with van der Waals surface area (Å²) < 4.78 is 2.58. The third kappa shape index (κ3) is 2.39. The van der Waals surface area contributed by atoms with Crippen LogP contribution in [0.15, 0.2) is 24.0 Å². The molecule has 0 aromatic carbocycles. The molecule has 0 saturated carbocycles. The maximum absolute atomic E-state index is 5.24. The van der Waals surface area contributed by atoms with Crippen molar-refractivity contribution in [3.63, 3.8) is 0 Å². The molecule has 0 amide bonds. The number of hydrogen-bond acceptors (Lipinski definition) is 6. The molecule has 1 N–H and O–H groups in total. The molecule has 0 saturated heterocycles. The number of thiazole rings is 1. The first-order valence-corrected chi connectivity index (χ1v) is 7.46. The van der Waals surface area contributed by atoms with Crippen LogP contribution < -0.4 is 0 Å². The van der Waals surface area contributed by atoms with E-state index in [1.165, 1.54) is 11.3 Å². The first-order chi connectivity index (χ1) is 9.79. The minimum absolute atomic E-state index is 0.621. The molecule has 20 heavy (non-hydrogen) atoms. The molecule has 3 heterocycles. The molecule has 0 unspecified atom stereocenters. The van der Waals surface area contributed by atoms with Gasteiger partial charge in [-0.25, -0.2) is 4.98 Å². The highest BCUT2D eigenvalue weighted by molar-refractivity contribution is 7.71. The number of aromatic amines is 1. The molecule has 3 aromatic rings. The van der Waals surface area contributed by atoms with Crippen LogP contribution in [-0.2, 0) is 6.54 Å². The third-order valence-corrected chi connectivity index (χ3v) is 3.90. The molecule has 3 rings (SSSR count). The lowest BCUT2D eigenvalue weighted by atomic mass is 10.4. The quantitative estimate of drug-likeness (QED) is 0.750. The predicted octanol–water partition coefficient (Wildman–Crippen LogP) is 2.93. The van der Waals surface area contributed by atoms with Gasteiger partial charge in [0.15, 0.2) is 10.6 Å². The summed E-state index contributed by atoms with van der Waals surface area (Å²) in [5, 5.41) is 9.87. The summed E-state index contributed by atoms with van der Waals surface area (Å²) in [4.78, 5) is 12.9. The fourth-order valence-electron chi connectivity index (χ4n) is 1.85. The van der Waals surface area contributed by atoms with Crippen LogP contribution in [0.3, 0.4) is 0 Å². The van der Waals surface area contributed by atoms with Crippen LogP contribution in [0.2, 0.25) is 0 Å². The largest absolute Gasteiger partial charge is 0.299 e. The summed E-state index contributed by atoms with van der Waals surface area (Å²) in [5.41, 5.74) is 1.57. The Bertz CT molecular complexity index is 758. The maximum Gasteiger partial charge on any atom is 0.195 e. The van der Waals surface area contributed by atoms with Crippen molar-refractivity contribution < 1.29 is 0 Å². The molecule has 0 radical (unpaired) electrons. The Morgan fingerprint density at radius 3 is 3.00 bits per heavy atom. The van der Waals surface area contributed by atoms with Gasteiger partial charge in [-0.05, 0) is 18.6 Å². The molecular weight excluding hydrogens is 292 g/mol. The zero-order valence-corrected chi connectivity index (χ0v) is 12.4. The molecule has 0 bridgehead atoms. The van der Waals surface area contributed by atoms with Gasteiger partial charge in [-0.15, -0.1) is 11.3 Å². The van der Waals surface area contributed by atoms with Gasteiger partial charge in [0.05, 0.1) is 6.20 Å². The average molecular weight is 304 g/mol. The number of aromatic nitrogens is 6. The number of rotatable bonds is 4. The molecular formula is C12H12N6S2. The Morgan fingerprint density at radius 1 is 1.35 bits per heavy atom. The second kappa shape index (κ2) is 5.59. The van der Waals surface area contributed by atoms with Crippen LogP contribution >= 0.6 is 23.6 Å². The summed E-state index contributed by atoms with van der Waals surface area (Å²) in [7, 11) is 0. The van der Waals surface area contributed by atoms with Crippen molar-refractivity contribution in [3.8, 4) is 22.2 Å².